The van der Waals surface area contributed by atoms with Crippen LogP contribution in [0.3, 0.4) is 0 Å². The van der Waals surface area contributed by atoms with Crippen molar-refractivity contribution in [2.45, 2.75) is 6.42 Å². The third kappa shape index (κ3) is 2.64. The van der Waals surface area contributed by atoms with Crippen molar-refractivity contribution in [2.24, 2.45) is 23.7 Å². The zero-order valence-corrected chi connectivity index (χ0v) is 14.6. The zero-order valence-electron chi connectivity index (χ0n) is 14.6. The smallest absolute Gasteiger partial charge is 0.370 e. The van der Waals surface area contributed by atoms with E-state index >= 15 is 0 Å². The number of ether oxygens (including phenoxy) is 1. The summed E-state index contributed by atoms with van der Waals surface area (Å²) < 4.78 is 5.43. The molecule has 2 aliphatic carbocycles. The highest BCUT2D eigenvalue weighted by atomic mass is 16.7. The summed E-state index contributed by atoms with van der Waals surface area (Å²) in [5.74, 6) is -1.72. The Balaban J connectivity index is 1.36. The Labute approximate surface area is 151 Å². The minimum absolute atomic E-state index is 0.0789. The van der Waals surface area contributed by atoms with E-state index in [4.69, 9.17) is 9.57 Å². The molecule has 136 valence electrons. The lowest BCUT2D eigenvalue weighted by atomic mass is 9.85. The Hall–Kier alpha value is -2.83. The number of hydroxylamine groups is 2. The van der Waals surface area contributed by atoms with Crippen LogP contribution < -0.4 is 9.64 Å². The lowest BCUT2D eigenvalue weighted by Gasteiger charge is -2.16. The van der Waals surface area contributed by atoms with Gasteiger partial charge in [0.15, 0.2) is 6.61 Å². The minimum Gasteiger partial charge on any atom is -0.482 e. The number of fused-ring (bicyclic) bond motifs is 5. The molecule has 1 saturated heterocycles. The molecule has 0 radical (unpaired) electrons. The largest absolute Gasteiger partial charge is 0.482 e. The molecule has 1 aromatic rings. The Morgan fingerprint density at radius 2 is 1.81 bits per heavy atom. The Kier molecular flexibility index (Phi) is 3.94. The molecule has 0 N–H and O–H groups in total. The van der Waals surface area contributed by atoms with Crippen LogP contribution in [-0.2, 0) is 19.2 Å². The first-order valence-electron chi connectivity index (χ1n) is 8.63. The van der Waals surface area contributed by atoms with Crippen molar-refractivity contribution in [1.29, 1.82) is 0 Å². The number of anilines is 1. The zero-order chi connectivity index (χ0) is 18.4. The number of rotatable bonds is 5. The molecule has 2 bridgehead atoms. The summed E-state index contributed by atoms with van der Waals surface area (Å²) in [6.45, 7) is -0.381. The van der Waals surface area contributed by atoms with Gasteiger partial charge in [0.1, 0.15) is 5.75 Å². The van der Waals surface area contributed by atoms with Gasteiger partial charge in [-0.25, -0.2) is 4.79 Å². The SMILES string of the molecule is CN(C)c1cccc(OCC(=O)ON2C(=O)C3C(C2=O)[C@H]2C=C[C@@H]3C2)c1. The van der Waals surface area contributed by atoms with Crippen LogP contribution in [0.15, 0.2) is 36.4 Å². The third-order valence-electron chi connectivity index (χ3n) is 5.31. The number of carbonyl (C=O) groups is 3. The molecule has 7 heteroatoms. The van der Waals surface area contributed by atoms with Crippen LogP contribution in [0.25, 0.3) is 0 Å². The second kappa shape index (κ2) is 6.16. The van der Waals surface area contributed by atoms with E-state index in [0.29, 0.717) is 10.8 Å². The molecular weight excluding hydrogens is 336 g/mol. The molecule has 0 aromatic heterocycles. The van der Waals surface area contributed by atoms with E-state index in [-0.39, 0.29) is 30.3 Å². The molecule has 2 amide bonds. The van der Waals surface area contributed by atoms with Crippen molar-refractivity contribution >= 4 is 23.5 Å². The first kappa shape index (κ1) is 16.6. The Bertz CT molecular complexity index is 773. The normalized spacial score (nSPS) is 28.5. The summed E-state index contributed by atoms with van der Waals surface area (Å²) in [5, 5.41) is 0.642. The van der Waals surface area contributed by atoms with Crippen LogP contribution in [0.2, 0.25) is 0 Å². The monoisotopic (exact) mass is 356 g/mol. The molecule has 7 nitrogen and oxygen atoms in total. The molecule has 1 aromatic carbocycles. The topological polar surface area (TPSA) is 76.2 Å². The molecule has 4 rings (SSSR count). The number of benzene rings is 1. The van der Waals surface area contributed by atoms with Crippen LogP contribution in [0.4, 0.5) is 5.69 Å². The van der Waals surface area contributed by atoms with E-state index in [2.05, 4.69) is 0 Å². The van der Waals surface area contributed by atoms with E-state index in [1.54, 1.807) is 12.1 Å². The number of allylic oxidation sites excluding steroid dienone is 2. The van der Waals surface area contributed by atoms with E-state index in [1.165, 1.54) is 0 Å². The van der Waals surface area contributed by atoms with Crippen molar-refractivity contribution < 1.29 is 24.0 Å². The Morgan fingerprint density at radius 3 is 2.42 bits per heavy atom. The van der Waals surface area contributed by atoms with Crippen molar-refractivity contribution in [1.82, 2.24) is 5.06 Å². The fourth-order valence-corrected chi connectivity index (χ4v) is 4.09. The van der Waals surface area contributed by atoms with Gasteiger partial charge in [0.25, 0.3) is 11.8 Å². The van der Waals surface area contributed by atoms with Gasteiger partial charge in [-0.3, -0.25) is 9.59 Å². The van der Waals surface area contributed by atoms with Crippen molar-refractivity contribution in [3.05, 3.63) is 36.4 Å². The van der Waals surface area contributed by atoms with Crippen LogP contribution in [0.5, 0.6) is 5.75 Å². The maximum atomic E-state index is 12.5. The third-order valence-corrected chi connectivity index (χ3v) is 5.31. The quantitative estimate of drug-likeness (QED) is 0.586. The van der Waals surface area contributed by atoms with E-state index in [1.807, 2.05) is 43.3 Å². The molecule has 2 fully saturated rings. The van der Waals surface area contributed by atoms with Gasteiger partial charge in [-0.15, -0.1) is 5.06 Å². The first-order valence-corrected chi connectivity index (χ1v) is 8.63. The predicted molar refractivity (Wildman–Crippen MR) is 91.9 cm³/mol. The molecule has 4 atom stereocenters. The maximum Gasteiger partial charge on any atom is 0.370 e. The van der Waals surface area contributed by atoms with Crippen molar-refractivity contribution in [3.8, 4) is 5.75 Å². The average Bonchev–Trinajstić information content (AvgIpc) is 3.30. The van der Waals surface area contributed by atoms with E-state index in [9.17, 15) is 14.4 Å². The van der Waals surface area contributed by atoms with Gasteiger partial charge >= 0.3 is 5.97 Å². The van der Waals surface area contributed by atoms with Gasteiger partial charge in [-0.1, -0.05) is 18.2 Å². The number of hydrogen-bond donors (Lipinski definition) is 0. The van der Waals surface area contributed by atoms with Crippen LogP contribution >= 0.6 is 0 Å². The van der Waals surface area contributed by atoms with Gasteiger partial charge in [-0.2, -0.15) is 0 Å². The van der Waals surface area contributed by atoms with Crippen LogP contribution in [0.1, 0.15) is 6.42 Å². The predicted octanol–water partition coefficient (Wildman–Crippen LogP) is 1.40. The number of amides is 2. The van der Waals surface area contributed by atoms with Crippen molar-refractivity contribution in [2.75, 3.05) is 25.6 Å². The van der Waals surface area contributed by atoms with Gasteiger partial charge in [-0.05, 0) is 30.4 Å². The number of imide groups is 1. The molecule has 3 aliphatic rings. The molecule has 1 aliphatic heterocycles. The molecule has 26 heavy (non-hydrogen) atoms. The highest BCUT2D eigenvalue weighted by molar-refractivity contribution is 6.06. The number of carbonyl (C=O) groups excluding carboxylic acids is 3. The van der Waals surface area contributed by atoms with Gasteiger partial charge in [0.2, 0.25) is 0 Å². The summed E-state index contributed by atoms with van der Waals surface area (Å²) in [6.07, 6.45) is 4.81. The van der Waals surface area contributed by atoms with Gasteiger partial charge in [0.05, 0.1) is 11.8 Å². The number of nitrogens with zero attached hydrogens (tertiary/aromatic N) is 2. The lowest BCUT2D eigenvalue weighted by Crippen LogP contribution is -2.36. The van der Waals surface area contributed by atoms with E-state index < -0.39 is 17.8 Å². The second-order valence-corrected chi connectivity index (χ2v) is 7.11. The lowest BCUT2D eigenvalue weighted by molar-refractivity contribution is -0.200. The average molecular weight is 356 g/mol. The highest BCUT2D eigenvalue weighted by Crippen LogP contribution is 2.52. The number of hydrogen-bond acceptors (Lipinski definition) is 6. The van der Waals surface area contributed by atoms with Crippen LogP contribution in [0, 0.1) is 23.7 Å². The molecule has 0 spiro atoms. The summed E-state index contributed by atoms with van der Waals surface area (Å²) in [4.78, 5) is 43.9. The highest BCUT2D eigenvalue weighted by Gasteiger charge is 2.60. The fourth-order valence-electron chi connectivity index (χ4n) is 4.09. The van der Waals surface area contributed by atoms with Gasteiger partial charge < -0.3 is 14.5 Å². The fraction of sp³-hybridized carbons (Fsp3) is 0.421. The van der Waals surface area contributed by atoms with Crippen molar-refractivity contribution in [3.63, 3.8) is 0 Å². The molecule has 1 saturated carbocycles. The Morgan fingerprint density at radius 1 is 1.15 bits per heavy atom. The summed E-state index contributed by atoms with van der Waals surface area (Å²) in [6, 6.07) is 7.23. The molecular formula is C19H20N2O5. The second-order valence-electron chi connectivity index (χ2n) is 7.11. The summed E-state index contributed by atoms with van der Waals surface area (Å²) in [5.41, 5.74) is 0.927. The molecule has 1 heterocycles. The summed E-state index contributed by atoms with van der Waals surface area (Å²) >= 11 is 0. The first-order chi connectivity index (χ1) is 12.5. The van der Waals surface area contributed by atoms with Crippen LogP contribution in [-0.4, -0.2) is 43.5 Å². The maximum absolute atomic E-state index is 12.5. The standard InChI is InChI=1S/C19H20N2O5/c1-20(2)13-4-3-5-14(9-13)25-10-15(22)26-21-18(23)16-11-6-7-12(8-11)17(16)19(21)24/h3-7,9,11-12,16-17H,8,10H2,1-2H3/t11-,12+,16?,17?. The van der Waals surface area contributed by atoms with Gasteiger partial charge in [0, 0.05) is 25.8 Å². The summed E-state index contributed by atoms with van der Waals surface area (Å²) in [7, 11) is 3.80. The molecule has 2 unspecified atom stereocenters. The minimum atomic E-state index is -0.776. The van der Waals surface area contributed by atoms with E-state index in [0.717, 1.165) is 12.1 Å².